The van der Waals surface area contributed by atoms with Gasteiger partial charge in [0.15, 0.2) is 0 Å². The minimum absolute atomic E-state index is 0.170. The number of carbonyl (C=O) groups is 1. The van der Waals surface area contributed by atoms with Gasteiger partial charge in [0, 0.05) is 18.2 Å². The van der Waals surface area contributed by atoms with Crippen LogP contribution in [0.1, 0.15) is 24.2 Å². The zero-order valence-electron chi connectivity index (χ0n) is 11.1. The van der Waals surface area contributed by atoms with Crippen molar-refractivity contribution in [1.29, 1.82) is 0 Å². The minimum Gasteiger partial charge on any atom is -0.494 e. The Hall–Kier alpha value is -2.30. The third kappa shape index (κ3) is 3.13. The number of nitrogens with zero attached hydrogens (tertiary/aromatic N) is 2. The number of nitrogens with one attached hydrogen (secondary N) is 1. The molecule has 2 aromatic rings. The summed E-state index contributed by atoms with van der Waals surface area (Å²) in [7, 11) is 0. The molecular weight excluding hydrogens is 242 g/mol. The molecule has 0 bridgehead atoms. The number of anilines is 1. The Bertz CT molecular complexity index is 563. The summed E-state index contributed by atoms with van der Waals surface area (Å²) in [5.74, 6) is 1.21. The maximum absolute atomic E-state index is 12.1. The molecule has 1 aromatic heterocycles. The molecule has 5 nitrogen and oxygen atoms in total. The summed E-state index contributed by atoms with van der Waals surface area (Å²) in [5.41, 5.74) is 0.565. The van der Waals surface area contributed by atoms with Gasteiger partial charge >= 0.3 is 0 Å². The zero-order valence-corrected chi connectivity index (χ0v) is 11.1. The monoisotopic (exact) mass is 259 g/mol. The molecule has 100 valence electrons. The smallest absolute Gasteiger partial charge is 0.256 e. The molecule has 1 amide bonds. The molecule has 1 aromatic carbocycles. The number of carbonyl (C=O) groups excluding carboxylic acids is 1. The van der Waals surface area contributed by atoms with E-state index in [9.17, 15) is 4.79 Å². The largest absolute Gasteiger partial charge is 0.494 e. The van der Waals surface area contributed by atoms with Gasteiger partial charge in [0.2, 0.25) is 0 Å². The number of amides is 1. The Balaban J connectivity index is 2.13. The van der Waals surface area contributed by atoms with Crippen LogP contribution in [0.5, 0.6) is 5.75 Å². The predicted octanol–water partition coefficient (Wildman–Crippen LogP) is 2.55. The molecule has 0 aliphatic heterocycles. The van der Waals surface area contributed by atoms with E-state index in [-0.39, 0.29) is 5.91 Å². The first-order valence-corrected chi connectivity index (χ1v) is 6.30. The number of hydrogen-bond donors (Lipinski definition) is 1. The van der Waals surface area contributed by atoms with Crippen LogP contribution in [-0.4, -0.2) is 22.3 Å². The summed E-state index contributed by atoms with van der Waals surface area (Å²) in [6.07, 6.45) is 1.66. The van der Waals surface area contributed by atoms with Crippen LogP contribution in [0, 0.1) is 0 Å². The highest BCUT2D eigenvalue weighted by atomic mass is 16.5. The van der Waals surface area contributed by atoms with Crippen LogP contribution in [-0.2, 0) is 6.54 Å². The van der Waals surface area contributed by atoms with Crippen LogP contribution in [0.2, 0.25) is 0 Å². The highest BCUT2D eigenvalue weighted by Gasteiger charge is 2.09. The van der Waals surface area contributed by atoms with E-state index < -0.39 is 0 Å². The van der Waals surface area contributed by atoms with E-state index in [0.717, 1.165) is 0 Å². The van der Waals surface area contributed by atoms with Crippen molar-refractivity contribution in [3.63, 3.8) is 0 Å². The second-order valence-corrected chi connectivity index (χ2v) is 3.95. The molecule has 19 heavy (non-hydrogen) atoms. The summed E-state index contributed by atoms with van der Waals surface area (Å²) in [6, 6.07) is 8.89. The number of ether oxygens (including phenoxy) is 1. The molecule has 0 aliphatic rings. The molecule has 2 rings (SSSR count). The molecule has 0 fully saturated rings. The van der Waals surface area contributed by atoms with Crippen molar-refractivity contribution in [2.24, 2.45) is 0 Å². The first-order valence-electron chi connectivity index (χ1n) is 6.30. The van der Waals surface area contributed by atoms with Crippen molar-refractivity contribution in [3.8, 4) is 5.75 Å². The Labute approximate surface area is 112 Å². The molecule has 1 heterocycles. The van der Waals surface area contributed by atoms with Crippen LogP contribution in [0.4, 0.5) is 5.82 Å². The zero-order chi connectivity index (χ0) is 13.7. The Morgan fingerprint density at radius 2 is 2.21 bits per heavy atom. The predicted molar refractivity (Wildman–Crippen MR) is 73.5 cm³/mol. The van der Waals surface area contributed by atoms with Gasteiger partial charge in [0.05, 0.1) is 12.8 Å². The average molecular weight is 259 g/mol. The third-order valence-electron chi connectivity index (χ3n) is 2.66. The molecule has 0 spiro atoms. The maximum Gasteiger partial charge on any atom is 0.256 e. The summed E-state index contributed by atoms with van der Waals surface area (Å²) >= 11 is 0. The molecule has 0 saturated carbocycles. The highest BCUT2D eigenvalue weighted by Crippen LogP contribution is 2.15. The van der Waals surface area contributed by atoms with Crippen molar-refractivity contribution in [1.82, 2.24) is 9.78 Å². The second-order valence-electron chi connectivity index (χ2n) is 3.95. The van der Waals surface area contributed by atoms with E-state index in [1.54, 1.807) is 35.1 Å². The fraction of sp³-hybridized carbons (Fsp3) is 0.286. The molecule has 5 heteroatoms. The van der Waals surface area contributed by atoms with Crippen molar-refractivity contribution in [2.75, 3.05) is 11.9 Å². The second kappa shape index (κ2) is 6.04. The van der Waals surface area contributed by atoms with Gasteiger partial charge in [-0.3, -0.25) is 4.79 Å². The van der Waals surface area contributed by atoms with Gasteiger partial charge in [-0.05, 0) is 32.0 Å². The maximum atomic E-state index is 12.1. The average Bonchev–Trinajstić information content (AvgIpc) is 2.86. The minimum atomic E-state index is -0.170. The summed E-state index contributed by atoms with van der Waals surface area (Å²) < 4.78 is 7.11. The molecule has 1 N–H and O–H groups in total. The van der Waals surface area contributed by atoms with Crippen LogP contribution in [0.15, 0.2) is 36.5 Å². The molecular formula is C14H17N3O2. The van der Waals surface area contributed by atoms with Gasteiger partial charge in [-0.2, -0.15) is 5.10 Å². The van der Waals surface area contributed by atoms with E-state index in [1.807, 2.05) is 19.9 Å². The van der Waals surface area contributed by atoms with E-state index in [1.165, 1.54) is 0 Å². The van der Waals surface area contributed by atoms with Gasteiger partial charge < -0.3 is 10.1 Å². The number of aromatic nitrogens is 2. The Morgan fingerprint density at radius 1 is 1.37 bits per heavy atom. The normalized spacial score (nSPS) is 10.2. The van der Waals surface area contributed by atoms with E-state index in [4.69, 9.17) is 4.74 Å². The number of rotatable bonds is 5. The SMILES string of the molecule is CCOc1cccc(C(=O)Nc2ccnn2CC)c1. The molecule has 0 atom stereocenters. The van der Waals surface area contributed by atoms with E-state index >= 15 is 0 Å². The lowest BCUT2D eigenvalue weighted by Gasteiger charge is -2.08. The highest BCUT2D eigenvalue weighted by molar-refractivity contribution is 6.04. The van der Waals surface area contributed by atoms with Gasteiger partial charge in [-0.25, -0.2) is 4.68 Å². The summed E-state index contributed by atoms with van der Waals surface area (Å²) in [5, 5.41) is 6.94. The van der Waals surface area contributed by atoms with Gasteiger partial charge in [0.1, 0.15) is 11.6 Å². The van der Waals surface area contributed by atoms with Crippen LogP contribution >= 0.6 is 0 Å². The van der Waals surface area contributed by atoms with Gasteiger partial charge in [-0.1, -0.05) is 6.07 Å². The van der Waals surface area contributed by atoms with Crippen molar-refractivity contribution in [2.45, 2.75) is 20.4 Å². The number of benzene rings is 1. The number of hydrogen-bond acceptors (Lipinski definition) is 3. The lowest BCUT2D eigenvalue weighted by molar-refractivity contribution is 0.102. The summed E-state index contributed by atoms with van der Waals surface area (Å²) in [6.45, 7) is 5.17. The molecule has 0 unspecified atom stereocenters. The van der Waals surface area contributed by atoms with Crippen molar-refractivity contribution < 1.29 is 9.53 Å². The number of aryl methyl sites for hydroxylation is 1. The van der Waals surface area contributed by atoms with Gasteiger partial charge in [-0.15, -0.1) is 0 Å². The quantitative estimate of drug-likeness (QED) is 0.897. The topological polar surface area (TPSA) is 56.1 Å². The van der Waals surface area contributed by atoms with Crippen molar-refractivity contribution >= 4 is 11.7 Å². The third-order valence-corrected chi connectivity index (χ3v) is 2.66. The molecule has 0 radical (unpaired) electrons. The van der Waals surface area contributed by atoms with Crippen molar-refractivity contribution in [3.05, 3.63) is 42.1 Å². The first-order chi connectivity index (χ1) is 9.24. The van der Waals surface area contributed by atoms with Crippen LogP contribution < -0.4 is 10.1 Å². The Morgan fingerprint density at radius 3 is 2.95 bits per heavy atom. The molecule has 0 saturated heterocycles. The van der Waals surface area contributed by atoms with E-state index in [0.29, 0.717) is 30.3 Å². The lowest BCUT2D eigenvalue weighted by atomic mass is 10.2. The fourth-order valence-corrected chi connectivity index (χ4v) is 1.77. The summed E-state index contributed by atoms with van der Waals surface area (Å²) in [4.78, 5) is 12.1. The Kier molecular flexibility index (Phi) is 4.18. The first kappa shape index (κ1) is 13.1. The van der Waals surface area contributed by atoms with Gasteiger partial charge in [0.25, 0.3) is 5.91 Å². The molecule has 0 aliphatic carbocycles. The fourth-order valence-electron chi connectivity index (χ4n) is 1.77. The van der Waals surface area contributed by atoms with Crippen LogP contribution in [0.3, 0.4) is 0 Å². The van der Waals surface area contributed by atoms with E-state index in [2.05, 4.69) is 10.4 Å². The standard InChI is InChI=1S/C14H17N3O2/c1-3-17-13(8-9-15-17)16-14(18)11-6-5-7-12(10-11)19-4-2/h5-10H,3-4H2,1-2H3,(H,16,18). The lowest BCUT2D eigenvalue weighted by Crippen LogP contribution is -2.15. The van der Waals surface area contributed by atoms with Crippen LogP contribution in [0.25, 0.3) is 0 Å².